The van der Waals surface area contributed by atoms with Crippen LogP contribution >= 0.6 is 0 Å². The molecule has 3 amide bonds. The predicted molar refractivity (Wildman–Crippen MR) is 103 cm³/mol. The average Bonchev–Trinajstić information content (AvgIpc) is 2.95. The van der Waals surface area contributed by atoms with E-state index in [0.29, 0.717) is 13.1 Å². The second-order valence-corrected chi connectivity index (χ2v) is 7.31. The van der Waals surface area contributed by atoms with Crippen LogP contribution in [0.5, 0.6) is 0 Å². The number of hydrogen-bond donors (Lipinski definition) is 1. The zero-order valence-corrected chi connectivity index (χ0v) is 16.0. The lowest BCUT2D eigenvalue weighted by atomic mass is 9.96. The highest BCUT2D eigenvalue weighted by Gasteiger charge is 2.32. The molecule has 27 heavy (non-hydrogen) atoms. The Labute approximate surface area is 160 Å². The molecule has 1 aromatic carbocycles. The highest BCUT2D eigenvalue weighted by atomic mass is 19.1. The van der Waals surface area contributed by atoms with Crippen LogP contribution in [0.3, 0.4) is 0 Å². The van der Waals surface area contributed by atoms with E-state index < -0.39 is 5.82 Å². The van der Waals surface area contributed by atoms with E-state index in [9.17, 15) is 14.0 Å². The summed E-state index contributed by atoms with van der Waals surface area (Å²) in [6.45, 7) is 7.62. The van der Waals surface area contributed by atoms with Crippen LogP contribution in [0.2, 0.25) is 0 Å². The number of urea groups is 1. The highest BCUT2D eigenvalue weighted by Crippen LogP contribution is 2.21. The number of nitrogens with zero attached hydrogens (tertiary/aromatic N) is 3. The van der Waals surface area contributed by atoms with Gasteiger partial charge in [0.25, 0.3) is 0 Å². The van der Waals surface area contributed by atoms with Crippen molar-refractivity contribution in [1.29, 1.82) is 0 Å². The van der Waals surface area contributed by atoms with Gasteiger partial charge in [0.2, 0.25) is 5.91 Å². The van der Waals surface area contributed by atoms with Gasteiger partial charge in [-0.25, -0.2) is 9.18 Å². The minimum absolute atomic E-state index is 0.149. The smallest absolute Gasteiger partial charge is 0.321 e. The number of amides is 3. The summed E-state index contributed by atoms with van der Waals surface area (Å²) >= 11 is 0. The summed E-state index contributed by atoms with van der Waals surface area (Å²) in [5, 5.41) is 2.62. The van der Waals surface area contributed by atoms with Gasteiger partial charge < -0.3 is 20.0 Å². The lowest BCUT2D eigenvalue weighted by molar-refractivity contribution is -0.136. The van der Waals surface area contributed by atoms with Crippen LogP contribution in [0.25, 0.3) is 0 Å². The largest absolute Gasteiger partial charge is 0.341 e. The van der Waals surface area contributed by atoms with Crippen molar-refractivity contribution in [2.75, 3.05) is 51.1 Å². The lowest BCUT2D eigenvalue weighted by Crippen LogP contribution is -2.48. The zero-order chi connectivity index (χ0) is 19.2. The lowest BCUT2D eigenvalue weighted by Gasteiger charge is -2.34. The fourth-order valence-corrected chi connectivity index (χ4v) is 3.89. The van der Waals surface area contributed by atoms with Gasteiger partial charge >= 0.3 is 6.03 Å². The topological polar surface area (TPSA) is 55.9 Å². The van der Waals surface area contributed by atoms with Crippen molar-refractivity contribution in [1.82, 2.24) is 14.7 Å². The number of hydrogen-bond acceptors (Lipinski definition) is 3. The molecule has 0 saturated carbocycles. The van der Waals surface area contributed by atoms with Crippen LogP contribution < -0.4 is 5.32 Å². The number of para-hydroxylation sites is 1. The molecule has 0 aliphatic carbocycles. The van der Waals surface area contributed by atoms with E-state index in [1.165, 1.54) is 12.1 Å². The molecular weight excluding hydrogens is 347 g/mol. The first kappa shape index (κ1) is 19.6. The van der Waals surface area contributed by atoms with Crippen LogP contribution in [-0.2, 0) is 4.79 Å². The molecule has 0 spiro atoms. The third-order valence-corrected chi connectivity index (χ3v) is 5.52. The number of rotatable bonds is 3. The molecule has 0 aromatic heterocycles. The van der Waals surface area contributed by atoms with Crippen molar-refractivity contribution in [2.24, 2.45) is 5.92 Å². The number of likely N-dealkylation sites (N-methyl/N-ethyl adjacent to an activating group) is 1. The standard InChI is InChI=1S/C20H29FN4O2/c1-2-23-10-6-12-24(14-13-23)19(26)16-7-5-11-25(15-16)20(27)22-18-9-4-3-8-17(18)21/h3-4,8-9,16H,2,5-7,10-15H2,1H3,(H,22,27). The highest BCUT2D eigenvalue weighted by molar-refractivity contribution is 5.90. The summed E-state index contributed by atoms with van der Waals surface area (Å²) in [5.74, 6) is -0.477. The quantitative estimate of drug-likeness (QED) is 0.882. The van der Waals surface area contributed by atoms with Crippen molar-refractivity contribution >= 4 is 17.6 Å². The maximum atomic E-state index is 13.8. The Morgan fingerprint density at radius 2 is 1.85 bits per heavy atom. The van der Waals surface area contributed by atoms with Gasteiger partial charge in [0.15, 0.2) is 0 Å². The number of piperidine rings is 1. The van der Waals surface area contributed by atoms with Gasteiger partial charge in [0.1, 0.15) is 5.82 Å². The van der Waals surface area contributed by atoms with Gasteiger partial charge in [0, 0.05) is 32.7 Å². The molecule has 1 unspecified atom stereocenters. The number of carbonyl (C=O) groups is 2. The van der Waals surface area contributed by atoms with Gasteiger partial charge in [-0.05, 0) is 44.5 Å². The molecule has 2 aliphatic rings. The monoisotopic (exact) mass is 376 g/mol. The second kappa shape index (κ2) is 9.17. The maximum Gasteiger partial charge on any atom is 0.321 e. The molecular formula is C20H29FN4O2. The first-order valence-electron chi connectivity index (χ1n) is 9.90. The number of halogens is 1. The van der Waals surface area contributed by atoms with Crippen molar-refractivity contribution in [2.45, 2.75) is 26.2 Å². The van der Waals surface area contributed by atoms with Crippen molar-refractivity contribution < 1.29 is 14.0 Å². The third-order valence-electron chi connectivity index (χ3n) is 5.52. The molecule has 148 valence electrons. The Bertz CT molecular complexity index is 669. The predicted octanol–water partition coefficient (Wildman–Crippen LogP) is 2.62. The number of benzene rings is 1. The van der Waals surface area contributed by atoms with E-state index in [2.05, 4.69) is 17.1 Å². The summed E-state index contributed by atoms with van der Waals surface area (Å²) in [6.07, 6.45) is 2.58. The Morgan fingerprint density at radius 3 is 2.63 bits per heavy atom. The van der Waals surface area contributed by atoms with Crippen molar-refractivity contribution in [3.63, 3.8) is 0 Å². The van der Waals surface area contributed by atoms with Gasteiger partial charge in [0.05, 0.1) is 11.6 Å². The first-order chi connectivity index (χ1) is 13.1. The number of likely N-dealkylation sites (tertiary alicyclic amines) is 1. The minimum atomic E-state index is -0.458. The van der Waals surface area contributed by atoms with Crippen LogP contribution in [0.4, 0.5) is 14.9 Å². The molecule has 3 rings (SSSR count). The van der Waals surface area contributed by atoms with Crippen molar-refractivity contribution in [3.8, 4) is 0 Å². The Kier molecular flexibility index (Phi) is 6.66. The van der Waals surface area contributed by atoms with Gasteiger partial charge in [-0.15, -0.1) is 0 Å². The van der Waals surface area contributed by atoms with E-state index >= 15 is 0 Å². The maximum absolute atomic E-state index is 13.8. The first-order valence-corrected chi connectivity index (χ1v) is 9.90. The van der Waals surface area contributed by atoms with Crippen LogP contribution in [-0.4, -0.2) is 72.5 Å². The van der Waals surface area contributed by atoms with E-state index in [1.807, 2.05) is 4.90 Å². The van der Waals surface area contributed by atoms with E-state index in [-0.39, 0.29) is 23.5 Å². The Hall–Kier alpha value is -2.15. The molecule has 7 heteroatoms. The van der Waals surface area contributed by atoms with Crippen molar-refractivity contribution in [3.05, 3.63) is 30.1 Å². The summed E-state index contributed by atoms with van der Waals surface area (Å²) in [4.78, 5) is 31.4. The second-order valence-electron chi connectivity index (χ2n) is 7.31. The molecule has 2 aliphatic heterocycles. The molecule has 2 fully saturated rings. The molecule has 0 bridgehead atoms. The van der Waals surface area contributed by atoms with Gasteiger partial charge in [-0.3, -0.25) is 4.79 Å². The Morgan fingerprint density at radius 1 is 1.07 bits per heavy atom. The van der Waals surface area contributed by atoms with Crippen LogP contribution in [0.1, 0.15) is 26.2 Å². The fourth-order valence-electron chi connectivity index (χ4n) is 3.89. The number of nitrogens with one attached hydrogen (secondary N) is 1. The summed E-state index contributed by atoms with van der Waals surface area (Å²) in [5.41, 5.74) is 0.170. The normalized spacial score (nSPS) is 21.6. The SMILES string of the molecule is CCN1CCCN(C(=O)C2CCCN(C(=O)Nc3ccccc3F)C2)CC1. The fraction of sp³-hybridized carbons (Fsp3) is 0.600. The zero-order valence-electron chi connectivity index (χ0n) is 16.0. The summed E-state index contributed by atoms with van der Waals surface area (Å²) in [6, 6.07) is 5.78. The van der Waals surface area contributed by atoms with E-state index in [1.54, 1.807) is 17.0 Å². The van der Waals surface area contributed by atoms with Crippen LogP contribution in [0.15, 0.2) is 24.3 Å². The molecule has 2 heterocycles. The Balaban J connectivity index is 1.57. The van der Waals surface area contributed by atoms with E-state index in [4.69, 9.17) is 0 Å². The number of anilines is 1. The molecule has 0 radical (unpaired) electrons. The molecule has 1 N–H and O–H groups in total. The molecule has 1 aromatic rings. The van der Waals surface area contributed by atoms with Gasteiger partial charge in [-0.2, -0.15) is 0 Å². The molecule has 1 atom stereocenters. The van der Waals surface area contributed by atoms with Crippen LogP contribution in [0, 0.1) is 11.7 Å². The summed E-state index contributed by atoms with van der Waals surface area (Å²) in [7, 11) is 0. The van der Waals surface area contributed by atoms with E-state index in [0.717, 1.165) is 52.0 Å². The van der Waals surface area contributed by atoms with Gasteiger partial charge in [-0.1, -0.05) is 19.1 Å². The third kappa shape index (κ3) is 4.97. The summed E-state index contributed by atoms with van der Waals surface area (Å²) < 4.78 is 13.8. The molecule has 6 nitrogen and oxygen atoms in total. The average molecular weight is 376 g/mol. The number of carbonyl (C=O) groups excluding carboxylic acids is 2. The molecule has 2 saturated heterocycles. The minimum Gasteiger partial charge on any atom is -0.341 e.